The van der Waals surface area contributed by atoms with Gasteiger partial charge in [0.15, 0.2) is 9.84 Å². The van der Waals surface area contributed by atoms with Gasteiger partial charge in [0.1, 0.15) is 10.7 Å². The lowest BCUT2D eigenvalue weighted by Gasteiger charge is -2.19. The summed E-state index contributed by atoms with van der Waals surface area (Å²) in [5.74, 6) is -1.03. The topological polar surface area (TPSA) is 95.3 Å². The van der Waals surface area contributed by atoms with Crippen molar-refractivity contribution in [3.8, 4) is 6.07 Å². The minimum Gasteiger partial charge on any atom is -0.224 e. The van der Waals surface area contributed by atoms with Crippen LogP contribution in [0.15, 0.2) is 28.0 Å². The zero-order valence-electron chi connectivity index (χ0n) is 11.6. The van der Waals surface area contributed by atoms with Gasteiger partial charge in [-0.2, -0.15) is 9.57 Å². The van der Waals surface area contributed by atoms with Crippen LogP contribution in [0.3, 0.4) is 0 Å². The lowest BCUT2D eigenvalue weighted by molar-refractivity contribution is 0.430. The molecule has 1 rings (SSSR count). The first kappa shape index (κ1) is 17.6. The summed E-state index contributed by atoms with van der Waals surface area (Å²) in [5.41, 5.74) is 0. The molecule has 0 bridgehead atoms. The second-order valence-corrected chi connectivity index (χ2v) is 8.19. The van der Waals surface area contributed by atoms with Crippen molar-refractivity contribution in [1.82, 2.24) is 4.31 Å². The van der Waals surface area contributed by atoms with E-state index in [1.54, 1.807) is 6.92 Å². The van der Waals surface area contributed by atoms with E-state index < -0.39 is 30.6 Å². The fraction of sp³-hybridized carbons (Fsp3) is 0.417. The van der Waals surface area contributed by atoms with Gasteiger partial charge in [-0.05, 0) is 18.2 Å². The first-order valence-electron chi connectivity index (χ1n) is 6.01. The minimum atomic E-state index is -4.19. The maximum Gasteiger partial charge on any atom is 0.246 e. The summed E-state index contributed by atoms with van der Waals surface area (Å²) in [7, 11) is -7.85. The quantitative estimate of drug-likeness (QED) is 0.727. The molecule has 0 amide bonds. The Hall–Kier alpha value is -1.50. The third kappa shape index (κ3) is 4.00. The van der Waals surface area contributed by atoms with Crippen LogP contribution in [0.1, 0.15) is 13.3 Å². The van der Waals surface area contributed by atoms with Crippen molar-refractivity contribution < 1.29 is 21.2 Å². The predicted molar refractivity (Wildman–Crippen MR) is 74.2 cm³/mol. The van der Waals surface area contributed by atoms with E-state index >= 15 is 0 Å². The van der Waals surface area contributed by atoms with Gasteiger partial charge in [-0.15, -0.1) is 0 Å². The molecule has 0 N–H and O–H groups in total. The molecule has 0 aliphatic heterocycles. The molecule has 0 radical (unpaired) electrons. The van der Waals surface area contributed by atoms with E-state index in [-0.39, 0.29) is 24.4 Å². The standard InChI is InChI=1S/C12H15FN2O4S2/c1-3-15(8-4-7-14)21(18,19)12-9-10(20(2,16)17)5-6-11(12)13/h5-6,9H,3-4,8H2,1-2H3. The van der Waals surface area contributed by atoms with Crippen molar-refractivity contribution in [2.45, 2.75) is 23.1 Å². The van der Waals surface area contributed by atoms with Gasteiger partial charge in [0, 0.05) is 25.8 Å². The molecule has 1 aromatic rings. The second kappa shape index (κ2) is 6.51. The van der Waals surface area contributed by atoms with Crippen LogP contribution in [-0.4, -0.2) is 40.5 Å². The van der Waals surface area contributed by atoms with Crippen molar-refractivity contribution in [3.05, 3.63) is 24.0 Å². The van der Waals surface area contributed by atoms with E-state index in [4.69, 9.17) is 5.26 Å². The molecule has 1 aromatic carbocycles. The summed E-state index contributed by atoms with van der Waals surface area (Å²) in [6, 6.07) is 4.43. The van der Waals surface area contributed by atoms with Crippen molar-refractivity contribution in [2.75, 3.05) is 19.3 Å². The molecule has 0 fully saturated rings. The SMILES string of the molecule is CCN(CCC#N)S(=O)(=O)c1cc(S(C)(=O)=O)ccc1F. The minimum absolute atomic E-state index is 0.0412. The molecule has 0 atom stereocenters. The highest BCUT2D eigenvalue weighted by Crippen LogP contribution is 2.23. The number of nitriles is 1. The van der Waals surface area contributed by atoms with Gasteiger partial charge >= 0.3 is 0 Å². The molecule has 0 saturated heterocycles. The predicted octanol–water partition coefficient (Wildman–Crippen LogP) is 1.15. The van der Waals surface area contributed by atoms with E-state index in [0.717, 1.165) is 28.8 Å². The molecular formula is C12H15FN2O4S2. The Balaban J connectivity index is 3.40. The smallest absolute Gasteiger partial charge is 0.224 e. The Morgan fingerprint density at radius 1 is 1.29 bits per heavy atom. The van der Waals surface area contributed by atoms with E-state index in [1.165, 1.54) is 0 Å². The fourth-order valence-corrected chi connectivity index (χ4v) is 3.94. The number of sulfonamides is 1. The molecule has 0 aliphatic rings. The Labute approximate surface area is 123 Å². The number of hydrogen-bond donors (Lipinski definition) is 0. The zero-order chi connectivity index (χ0) is 16.3. The molecule has 0 aromatic heterocycles. The molecule has 0 unspecified atom stereocenters. The molecule has 9 heteroatoms. The third-order valence-electron chi connectivity index (χ3n) is 2.77. The molecule has 0 heterocycles. The van der Waals surface area contributed by atoms with Crippen LogP contribution in [0, 0.1) is 17.1 Å². The largest absolute Gasteiger partial charge is 0.246 e. The monoisotopic (exact) mass is 334 g/mol. The molecule has 0 spiro atoms. The van der Waals surface area contributed by atoms with Crippen LogP contribution in [0.4, 0.5) is 4.39 Å². The normalized spacial score (nSPS) is 12.3. The highest BCUT2D eigenvalue weighted by Gasteiger charge is 2.27. The second-order valence-electron chi connectivity index (χ2n) is 4.27. The average Bonchev–Trinajstić information content (AvgIpc) is 2.38. The van der Waals surface area contributed by atoms with Gasteiger partial charge in [0.05, 0.1) is 11.0 Å². The summed E-state index contributed by atoms with van der Waals surface area (Å²) in [5, 5.41) is 8.53. The molecule has 6 nitrogen and oxygen atoms in total. The Kier molecular flexibility index (Phi) is 5.44. The van der Waals surface area contributed by atoms with Crippen LogP contribution < -0.4 is 0 Å². The molecular weight excluding hydrogens is 319 g/mol. The van der Waals surface area contributed by atoms with Gasteiger partial charge < -0.3 is 0 Å². The van der Waals surface area contributed by atoms with E-state index in [0.29, 0.717) is 0 Å². The van der Waals surface area contributed by atoms with Crippen molar-refractivity contribution in [2.24, 2.45) is 0 Å². The maximum absolute atomic E-state index is 13.8. The molecule has 0 saturated carbocycles. The van der Waals surface area contributed by atoms with Crippen molar-refractivity contribution in [1.29, 1.82) is 5.26 Å². The Morgan fingerprint density at radius 2 is 1.90 bits per heavy atom. The Morgan fingerprint density at radius 3 is 2.38 bits per heavy atom. The van der Waals surface area contributed by atoms with Crippen LogP contribution in [-0.2, 0) is 19.9 Å². The summed E-state index contributed by atoms with van der Waals surface area (Å²) < 4.78 is 62.4. The van der Waals surface area contributed by atoms with Crippen LogP contribution in [0.5, 0.6) is 0 Å². The third-order valence-corrected chi connectivity index (χ3v) is 5.87. The van der Waals surface area contributed by atoms with Gasteiger partial charge in [0.25, 0.3) is 0 Å². The van der Waals surface area contributed by atoms with Gasteiger partial charge in [0.2, 0.25) is 10.0 Å². The number of nitrogens with zero attached hydrogens (tertiary/aromatic N) is 2. The lowest BCUT2D eigenvalue weighted by Crippen LogP contribution is -2.32. The first-order valence-corrected chi connectivity index (χ1v) is 9.34. The fourth-order valence-electron chi connectivity index (χ4n) is 1.67. The number of halogens is 1. The summed E-state index contributed by atoms with van der Waals surface area (Å²) >= 11 is 0. The lowest BCUT2D eigenvalue weighted by atomic mass is 10.3. The van der Waals surface area contributed by atoms with Gasteiger partial charge in [-0.1, -0.05) is 6.92 Å². The summed E-state index contributed by atoms with van der Waals surface area (Å²) in [6.07, 6.45) is 0.865. The van der Waals surface area contributed by atoms with Crippen LogP contribution in [0.25, 0.3) is 0 Å². The summed E-state index contributed by atoms with van der Waals surface area (Å²) in [4.78, 5) is -0.982. The molecule has 116 valence electrons. The Bertz CT molecular complexity index is 767. The number of benzene rings is 1. The first-order chi connectivity index (χ1) is 9.64. The number of rotatable bonds is 6. The number of hydrogen-bond acceptors (Lipinski definition) is 5. The molecule has 21 heavy (non-hydrogen) atoms. The van der Waals surface area contributed by atoms with E-state index in [2.05, 4.69) is 0 Å². The van der Waals surface area contributed by atoms with Crippen LogP contribution in [0.2, 0.25) is 0 Å². The van der Waals surface area contributed by atoms with Crippen LogP contribution >= 0.6 is 0 Å². The van der Waals surface area contributed by atoms with Gasteiger partial charge in [-0.25, -0.2) is 21.2 Å². The van der Waals surface area contributed by atoms with Gasteiger partial charge in [-0.3, -0.25) is 0 Å². The zero-order valence-corrected chi connectivity index (χ0v) is 13.2. The van der Waals surface area contributed by atoms with Crippen molar-refractivity contribution in [3.63, 3.8) is 0 Å². The average molecular weight is 334 g/mol. The summed E-state index contributed by atoms with van der Waals surface area (Å²) in [6.45, 7) is 1.51. The highest BCUT2D eigenvalue weighted by atomic mass is 32.2. The van der Waals surface area contributed by atoms with E-state index in [1.807, 2.05) is 6.07 Å². The maximum atomic E-state index is 13.8. The van der Waals surface area contributed by atoms with E-state index in [9.17, 15) is 21.2 Å². The number of sulfone groups is 1. The molecule has 0 aliphatic carbocycles. The van der Waals surface area contributed by atoms with Crippen molar-refractivity contribution >= 4 is 19.9 Å². The highest BCUT2D eigenvalue weighted by molar-refractivity contribution is 7.91.